The number of nitrogens with two attached hydrogens (primary N) is 1. The van der Waals surface area contributed by atoms with Gasteiger partial charge in [-0.1, -0.05) is 19.9 Å². The molecule has 3 unspecified atom stereocenters. The lowest BCUT2D eigenvalue weighted by atomic mass is 10.0. The highest BCUT2D eigenvalue weighted by Gasteiger charge is 2.34. The highest BCUT2D eigenvalue weighted by Crippen LogP contribution is 2.35. The van der Waals surface area contributed by atoms with Crippen LogP contribution in [-0.2, 0) is 6.42 Å². The van der Waals surface area contributed by atoms with Crippen molar-refractivity contribution in [1.82, 2.24) is 4.90 Å². The van der Waals surface area contributed by atoms with Crippen molar-refractivity contribution in [2.75, 3.05) is 14.2 Å². The second kappa shape index (κ2) is 6.15. The van der Waals surface area contributed by atoms with Crippen LogP contribution in [0.4, 0.5) is 0 Å². The molecule has 0 aromatic heterocycles. The minimum absolute atomic E-state index is 0.0831. The van der Waals surface area contributed by atoms with Crippen molar-refractivity contribution in [3.05, 3.63) is 29.3 Å². The van der Waals surface area contributed by atoms with Gasteiger partial charge < -0.3 is 10.5 Å². The van der Waals surface area contributed by atoms with Crippen LogP contribution in [0.15, 0.2) is 18.2 Å². The smallest absolute Gasteiger partial charge is 0.119 e. The number of rotatable bonds is 5. The van der Waals surface area contributed by atoms with Crippen LogP contribution in [0.5, 0.6) is 5.75 Å². The molecule has 3 heteroatoms. The van der Waals surface area contributed by atoms with Crippen molar-refractivity contribution < 1.29 is 4.74 Å². The number of likely N-dealkylation sites (N-methyl/N-ethyl adjacent to an activating group) is 1. The van der Waals surface area contributed by atoms with Crippen LogP contribution < -0.4 is 10.5 Å². The van der Waals surface area contributed by atoms with Crippen LogP contribution in [-0.4, -0.2) is 31.1 Å². The molecular formula is C17H28N2O. The van der Waals surface area contributed by atoms with Crippen molar-refractivity contribution in [3.63, 3.8) is 0 Å². The van der Waals surface area contributed by atoms with E-state index in [4.69, 9.17) is 10.5 Å². The van der Waals surface area contributed by atoms with E-state index >= 15 is 0 Å². The fourth-order valence-electron chi connectivity index (χ4n) is 3.33. The molecule has 20 heavy (non-hydrogen) atoms. The number of ether oxygens (including phenoxy) is 1. The van der Waals surface area contributed by atoms with E-state index in [1.54, 1.807) is 7.11 Å². The normalized spacial score (nSPS) is 23.2. The van der Waals surface area contributed by atoms with E-state index in [0.29, 0.717) is 18.0 Å². The highest BCUT2D eigenvalue weighted by molar-refractivity contribution is 5.42. The Morgan fingerprint density at radius 2 is 2.05 bits per heavy atom. The summed E-state index contributed by atoms with van der Waals surface area (Å²) in [5, 5.41) is 0. The molecule has 0 radical (unpaired) electrons. The van der Waals surface area contributed by atoms with E-state index in [1.807, 2.05) is 6.07 Å². The summed E-state index contributed by atoms with van der Waals surface area (Å²) in [7, 11) is 3.91. The maximum Gasteiger partial charge on any atom is 0.119 e. The Balaban J connectivity index is 2.13. The van der Waals surface area contributed by atoms with E-state index in [-0.39, 0.29) is 6.04 Å². The van der Waals surface area contributed by atoms with Gasteiger partial charge in [0, 0.05) is 18.1 Å². The van der Waals surface area contributed by atoms with Crippen molar-refractivity contribution in [1.29, 1.82) is 0 Å². The van der Waals surface area contributed by atoms with Crippen molar-refractivity contribution in [2.45, 2.75) is 51.7 Å². The molecule has 112 valence electrons. The zero-order valence-electron chi connectivity index (χ0n) is 13.4. The van der Waals surface area contributed by atoms with Crippen molar-refractivity contribution in [2.24, 2.45) is 11.7 Å². The van der Waals surface area contributed by atoms with Crippen LogP contribution in [0.25, 0.3) is 0 Å². The predicted molar refractivity (Wildman–Crippen MR) is 84.1 cm³/mol. The Morgan fingerprint density at radius 3 is 2.65 bits per heavy atom. The first-order valence-electron chi connectivity index (χ1n) is 7.58. The van der Waals surface area contributed by atoms with E-state index in [0.717, 1.165) is 12.2 Å². The average Bonchev–Trinajstić information content (AvgIpc) is 2.74. The van der Waals surface area contributed by atoms with E-state index in [1.165, 1.54) is 17.5 Å². The Bertz CT molecular complexity index is 458. The summed E-state index contributed by atoms with van der Waals surface area (Å²) in [6.45, 7) is 6.85. The molecule has 3 atom stereocenters. The van der Waals surface area contributed by atoms with Crippen LogP contribution in [0, 0.1) is 5.92 Å². The summed E-state index contributed by atoms with van der Waals surface area (Å²) in [6.07, 6.45) is 2.25. The SMILES string of the molecule is COc1ccc2c(c1)C(N)C(N(C)C(C)CC(C)C)C2. The Morgan fingerprint density at radius 1 is 1.35 bits per heavy atom. The number of hydrogen-bond donors (Lipinski definition) is 1. The van der Waals surface area contributed by atoms with Gasteiger partial charge in [-0.05, 0) is 56.0 Å². The third kappa shape index (κ3) is 2.99. The molecular weight excluding hydrogens is 248 g/mol. The summed E-state index contributed by atoms with van der Waals surface area (Å²) in [5.41, 5.74) is 9.10. The summed E-state index contributed by atoms with van der Waals surface area (Å²) in [5.74, 6) is 1.62. The summed E-state index contributed by atoms with van der Waals surface area (Å²) in [4.78, 5) is 2.46. The second-order valence-electron chi connectivity index (χ2n) is 6.51. The van der Waals surface area contributed by atoms with Gasteiger partial charge in [0.15, 0.2) is 0 Å². The topological polar surface area (TPSA) is 38.5 Å². The largest absolute Gasteiger partial charge is 0.497 e. The number of hydrogen-bond acceptors (Lipinski definition) is 3. The number of nitrogens with zero attached hydrogens (tertiary/aromatic N) is 1. The quantitative estimate of drug-likeness (QED) is 0.898. The molecule has 2 N–H and O–H groups in total. The van der Waals surface area contributed by atoms with Gasteiger partial charge in [-0.2, -0.15) is 0 Å². The molecule has 0 heterocycles. The van der Waals surface area contributed by atoms with Crippen LogP contribution in [0.1, 0.15) is 44.4 Å². The molecule has 1 aliphatic carbocycles. The number of benzene rings is 1. The van der Waals surface area contributed by atoms with Crippen LogP contribution >= 0.6 is 0 Å². The van der Waals surface area contributed by atoms with E-state index in [9.17, 15) is 0 Å². The molecule has 0 fully saturated rings. The molecule has 3 nitrogen and oxygen atoms in total. The lowest BCUT2D eigenvalue weighted by Gasteiger charge is -2.34. The zero-order valence-corrected chi connectivity index (χ0v) is 13.4. The Kier molecular flexibility index (Phi) is 4.71. The molecule has 1 aliphatic rings. The second-order valence-corrected chi connectivity index (χ2v) is 6.51. The van der Waals surface area contributed by atoms with Crippen molar-refractivity contribution in [3.8, 4) is 5.75 Å². The number of methoxy groups -OCH3 is 1. The molecule has 0 amide bonds. The molecule has 0 saturated carbocycles. The first-order valence-corrected chi connectivity index (χ1v) is 7.58. The van der Waals surface area contributed by atoms with Crippen molar-refractivity contribution >= 4 is 0 Å². The van der Waals surface area contributed by atoms with Gasteiger partial charge in [0.05, 0.1) is 7.11 Å². The summed E-state index contributed by atoms with van der Waals surface area (Å²) in [6, 6.07) is 7.33. The lowest BCUT2D eigenvalue weighted by Crippen LogP contribution is -2.43. The molecule has 0 saturated heterocycles. The third-order valence-electron chi connectivity index (χ3n) is 4.59. The lowest BCUT2D eigenvalue weighted by molar-refractivity contribution is 0.151. The molecule has 1 aromatic rings. The predicted octanol–water partition coefficient (Wildman–Crippen LogP) is 2.99. The molecule has 1 aromatic carbocycles. The molecule has 0 bridgehead atoms. The minimum Gasteiger partial charge on any atom is -0.497 e. The standard InChI is InChI=1S/C17H28N2O/c1-11(2)8-12(3)19(4)16-9-13-6-7-14(20-5)10-15(13)17(16)18/h6-7,10-12,16-17H,8-9,18H2,1-5H3. The maximum absolute atomic E-state index is 6.49. The molecule has 2 rings (SSSR count). The van der Waals surface area contributed by atoms with Gasteiger partial charge >= 0.3 is 0 Å². The summed E-state index contributed by atoms with van der Waals surface area (Å²) < 4.78 is 5.31. The first kappa shape index (κ1) is 15.3. The van der Waals surface area contributed by atoms with E-state index < -0.39 is 0 Å². The fraction of sp³-hybridized carbons (Fsp3) is 0.647. The first-order chi connectivity index (χ1) is 9.43. The summed E-state index contributed by atoms with van der Waals surface area (Å²) >= 11 is 0. The van der Waals surface area contributed by atoms with Crippen LogP contribution in [0.3, 0.4) is 0 Å². The van der Waals surface area contributed by atoms with Gasteiger partial charge in [0.1, 0.15) is 5.75 Å². The fourth-order valence-corrected chi connectivity index (χ4v) is 3.33. The van der Waals surface area contributed by atoms with Gasteiger partial charge in [0.25, 0.3) is 0 Å². The Hall–Kier alpha value is -1.06. The highest BCUT2D eigenvalue weighted by atomic mass is 16.5. The average molecular weight is 276 g/mol. The Labute approximate surface area is 123 Å². The van der Waals surface area contributed by atoms with E-state index in [2.05, 4.69) is 44.9 Å². The number of fused-ring (bicyclic) bond motifs is 1. The maximum atomic E-state index is 6.49. The molecule has 0 aliphatic heterocycles. The minimum atomic E-state index is 0.0831. The zero-order chi connectivity index (χ0) is 14.9. The third-order valence-corrected chi connectivity index (χ3v) is 4.59. The molecule has 0 spiro atoms. The van der Waals surface area contributed by atoms with Gasteiger partial charge in [-0.25, -0.2) is 0 Å². The van der Waals surface area contributed by atoms with Crippen LogP contribution in [0.2, 0.25) is 0 Å². The van der Waals surface area contributed by atoms with Gasteiger partial charge in [-0.15, -0.1) is 0 Å². The monoisotopic (exact) mass is 276 g/mol. The van der Waals surface area contributed by atoms with Gasteiger partial charge in [-0.3, -0.25) is 4.90 Å². The van der Waals surface area contributed by atoms with Gasteiger partial charge in [0.2, 0.25) is 0 Å².